The molecule has 16 heavy (non-hydrogen) atoms. The fourth-order valence-corrected chi connectivity index (χ4v) is 1.66. The van der Waals surface area contributed by atoms with Gasteiger partial charge < -0.3 is 5.11 Å². The molecule has 86 valence electrons. The number of aromatic nitrogens is 2. The molecule has 0 radical (unpaired) electrons. The molecule has 0 aliphatic heterocycles. The lowest BCUT2D eigenvalue weighted by Crippen LogP contribution is -1.96. The normalized spacial score (nSPS) is 12.9. The smallest absolute Gasteiger partial charge is 0.328 e. The Morgan fingerprint density at radius 2 is 2.19 bits per heavy atom. The van der Waals surface area contributed by atoms with Gasteiger partial charge in [-0.1, -0.05) is 25.6 Å². The average Bonchev–Trinajstić information content (AvgIpc) is 2.28. The first-order chi connectivity index (χ1) is 7.61. The largest absolute Gasteiger partial charge is 0.478 e. The molecule has 0 aliphatic rings. The van der Waals surface area contributed by atoms with Crippen molar-refractivity contribution >= 4 is 23.8 Å². The van der Waals surface area contributed by atoms with Gasteiger partial charge in [-0.3, -0.25) is 0 Å². The summed E-state index contributed by atoms with van der Waals surface area (Å²) in [5.74, 6) is -0.974. The van der Waals surface area contributed by atoms with Crippen molar-refractivity contribution in [3.05, 3.63) is 24.0 Å². The summed E-state index contributed by atoms with van der Waals surface area (Å²) in [4.78, 5) is 18.6. The third-order valence-corrected chi connectivity index (χ3v) is 3.11. The Labute approximate surface area is 98.8 Å². The van der Waals surface area contributed by atoms with Crippen molar-refractivity contribution in [1.82, 2.24) is 9.97 Å². The molecule has 0 aromatic carbocycles. The standard InChI is InChI=1S/C11H14N2O2S/c1-3-8(2)16-11-12-6-9(7-13-11)4-5-10(14)15/h4-8H,3H2,1-2H3,(H,14,15)/b5-4+. The molecule has 0 bridgehead atoms. The van der Waals surface area contributed by atoms with Crippen molar-refractivity contribution in [3.8, 4) is 0 Å². The second kappa shape index (κ2) is 6.27. The maximum atomic E-state index is 10.3. The van der Waals surface area contributed by atoms with E-state index in [4.69, 9.17) is 5.11 Å². The number of hydrogen-bond donors (Lipinski definition) is 1. The molecule has 4 nitrogen and oxygen atoms in total. The van der Waals surface area contributed by atoms with Gasteiger partial charge >= 0.3 is 5.97 Å². The van der Waals surface area contributed by atoms with Crippen LogP contribution in [0.5, 0.6) is 0 Å². The molecule has 0 amide bonds. The maximum absolute atomic E-state index is 10.3. The van der Waals surface area contributed by atoms with Crippen LogP contribution in [0, 0.1) is 0 Å². The molecule has 1 heterocycles. The fourth-order valence-electron chi connectivity index (χ4n) is 0.904. The predicted octanol–water partition coefficient (Wildman–Crippen LogP) is 2.46. The summed E-state index contributed by atoms with van der Waals surface area (Å²) in [6.45, 7) is 4.23. The van der Waals surface area contributed by atoms with E-state index < -0.39 is 5.97 Å². The van der Waals surface area contributed by atoms with E-state index >= 15 is 0 Å². The van der Waals surface area contributed by atoms with E-state index in [1.807, 2.05) is 0 Å². The first-order valence-corrected chi connectivity index (χ1v) is 5.89. The van der Waals surface area contributed by atoms with Crippen molar-refractivity contribution in [2.24, 2.45) is 0 Å². The molecule has 1 aromatic heterocycles. The van der Waals surface area contributed by atoms with Crippen LogP contribution in [-0.4, -0.2) is 26.3 Å². The summed E-state index contributed by atoms with van der Waals surface area (Å²) >= 11 is 1.61. The Balaban J connectivity index is 2.64. The SMILES string of the molecule is CCC(C)Sc1ncc(/C=C/C(=O)O)cn1. The highest BCUT2D eigenvalue weighted by Gasteiger charge is 2.03. The summed E-state index contributed by atoms with van der Waals surface area (Å²) in [7, 11) is 0. The zero-order chi connectivity index (χ0) is 12.0. The Kier molecular flexibility index (Phi) is 4.98. The Hall–Kier alpha value is -1.36. The van der Waals surface area contributed by atoms with Gasteiger partial charge in [0.25, 0.3) is 0 Å². The van der Waals surface area contributed by atoms with Gasteiger partial charge in [-0.2, -0.15) is 0 Å². The van der Waals surface area contributed by atoms with Gasteiger partial charge in [0.1, 0.15) is 0 Å². The van der Waals surface area contributed by atoms with E-state index in [1.165, 1.54) is 6.08 Å². The Morgan fingerprint density at radius 3 is 2.69 bits per heavy atom. The van der Waals surface area contributed by atoms with Crippen molar-refractivity contribution in [3.63, 3.8) is 0 Å². The lowest BCUT2D eigenvalue weighted by molar-refractivity contribution is -0.131. The van der Waals surface area contributed by atoms with Crippen LogP contribution in [0.3, 0.4) is 0 Å². The van der Waals surface area contributed by atoms with Crippen LogP contribution in [0.4, 0.5) is 0 Å². The van der Waals surface area contributed by atoms with Crippen LogP contribution in [0.25, 0.3) is 6.08 Å². The van der Waals surface area contributed by atoms with Crippen LogP contribution in [0.1, 0.15) is 25.8 Å². The lowest BCUT2D eigenvalue weighted by atomic mass is 10.3. The first-order valence-electron chi connectivity index (χ1n) is 5.01. The van der Waals surface area contributed by atoms with Gasteiger partial charge in [-0.15, -0.1) is 0 Å². The van der Waals surface area contributed by atoms with Crippen LogP contribution in [-0.2, 0) is 4.79 Å². The van der Waals surface area contributed by atoms with Crippen LogP contribution < -0.4 is 0 Å². The molecule has 0 saturated heterocycles. The molecule has 0 fully saturated rings. The number of rotatable bonds is 5. The molecule has 1 rings (SSSR count). The van der Waals surface area contributed by atoms with E-state index in [0.717, 1.165) is 17.7 Å². The molecule has 5 heteroatoms. The van der Waals surface area contributed by atoms with Gasteiger partial charge in [-0.25, -0.2) is 14.8 Å². The fraction of sp³-hybridized carbons (Fsp3) is 0.364. The van der Waals surface area contributed by atoms with Gasteiger partial charge in [0, 0.05) is 29.3 Å². The van der Waals surface area contributed by atoms with Crippen LogP contribution in [0.15, 0.2) is 23.6 Å². The zero-order valence-electron chi connectivity index (χ0n) is 9.25. The Morgan fingerprint density at radius 1 is 1.56 bits per heavy atom. The molecule has 0 saturated carbocycles. The van der Waals surface area contributed by atoms with Crippen LogP contribution >= 0.6 is 11.8 Å². The van der Waals surface area contributed by atoms with Crippen molar-refractivity contribution in [2.75, 3.05) is 0 Å². The summed E-state index contributed by atoms with van der Waals surface area (Å²) in [5.41, 5.74) is 0.691. The molecule has 1 N–H and O–H groups in total. The van der Waals surface area contributed by atoms with Crippen molar-refractivity contribution < 1.29 is 9.90 Å². The highest BCUT2D eigenvalue weighted by atomic mass is 32.2. The number of carbonyl (C=O) groups is 1. The average molecular weight is 238 g/mol. The molecule has 1 atom stereocenters. The number of thioether (sulfide) groups is 1. The number of aliphatic carboxylic acids is 1. The zero-order valence-corrected chi connectivity index (χ0v) is 10.1. The monoisotopic (exact) mass is 238 g/mol. The minimum absolute atomic E-state index is 0.486. The van der Waals surface area contributed by atoms with Gasteiger partial charge in [-0.05, 0) is 12.5 Å². The minimum atomic E-state index is -0.974. The molecular weight excluding hydrogens is 224 g/mol. The third kappa shape index (κ3) is 4.44. The lowest BCUT2D eigenvalue weighted by Gasteiger charge is -2.05. The van der Waals surface area contributed by atoms with Gasteiger partial charge in [0.15, 0.2) is 5.16 Å². The number of nitrogens with zero attached hydrogens (tertiary/aromatic N) is 2. The second-order valence-electron chi connectivity index (χ2n) is 3.31. The van der Waals surface area contributed by atoms with Crippen LogP contribution in [0.2, 0.25) is 0 Å². The summed E-state index contributed by atoms with van der Waals surface area (Å²) in [6, 6.07) is 0. The maximum Gasteiger partial charge on any atom is 0.328 e. The summed E-state index contributed by atoms with van der Waals surface area (Å²) in [5, 5.41) is 9.66. The van der Waals surface area contributed by atoms with E-state index in [1.54, 1.807) is 24.2 Å². The predicted molar refractivity (Wildman–Crippen MR) is 64.3 cm³/mol. The number of hydrogen-bond acceptors (Lipinski definition) is 4. The van der Waals surface area contributed by atoms with E-state index in [2.05, 4.69) is 23.8 Å². The quantitative estimate of drug-likeness (QED) is 0.485. The molecule has 1 aromatic rings. The van der Waals surface area contributed by atoms with Crippen molar-refractivity contribution in [1.29, 1.82) is 0 Å². The minimum Gasteiger partial charge on any atom is -0.478 e. The highest BCUT2D eigenvalue weighted by Crippen LogP contribution is 2.20. The summed E-state index contributed by atoms with van der Waals surface area (Å²) < 4.78 is 0. The van der Waals surface area contributed by atoms with Crippen molar-refractivity contribution in [2.45, 2.75) is 30.7 Å². The van der Waals surface area contributed by atoms with Gasteiger partial charge in [0.05, 0.1) is 0 Å². The topological polar surface area (TPSA) is 63.1 Å². The first kappa shape index (κ1) is 12.7. The third-order valence-electron chi connectivity index (χ3n) is 1.95. The molecule has 1 unspecified atom stereocenters. The second-order valence-corrected chi connectivity index (χ2v) is 4.71. The molecular formula is C11H14N2O2S. The number of carboxylic acids is 1. The van der Waals surface area contributed by atoms with E-state index in [-0.39, 0.29) is 0 Å². The highest BCUT2D eigenvalue weighted by molar-refractivity contribution is 7.99. The van der Waals surface area contributed by atoms with E-state index in [9.17, 15) is 4.79 Å². The molecule has 0 spiro atoms. The van der Waals surface area contributed by atoms with E-state index in [0.29, 0.717) is 10.8 Å². The Bertz CT molecular complexity index is 376. The van der Waals surface area contributed by atoms with Gasteiger partial charge in [0.2, 0.25) is 0 Å². The number of carboxylic acid groups (broad SMARTS) is 1. The molecule has 0 aliphatic carbocycles. The summed E-state index contributed by atoms with van der Waals surface area (Å²) in [6.07, 6.45) is 6.85.